The van der Waals surface area contributed by atoms with Crippen molar-refractivity contribution < 1.29 is 27.1 Å². The number of Topliss-reactive ketones (excluding diaryl/α,β-unsaturated/α-hetero) is 1. The van der Waals surface area contributed by atoms with Gasteiger partial charge in [-0.3, -0.25) is 9.48 Å². The number of hydrogen-bond acceptors (Lipinski definition) is 7. The van der Waals surface area contributed by atoms with Gasteiger partial charge in [0.15, 0.2) is 5.78 Å². The number of halogens is 2. The summed E-state index contributed by atoms with van der Waals surface area (Å²) in [5.74, 6) is -0.954. The van der Waals surface area contributed by atoms with Crippen molar-refractivity contribution in [2.75, 3.05) is 26.2 Å². The van der Waals surface area contributed by atoms with E-state index in [9.17, 15) is 27.1 Å². The Morgan fingerprint density at radius 1 is 1.07 bits per heavy atom. The molecule has 13 heteroatoms. The Balaban J connectivity index is 1.01. The molecule has 46 heavy (non-hydrogen) atoms. The van der Waals surface area contributed by atoms with Crippen molar-refractivity contribution in [1.82, 2.24) is 29.6 Å². The van der Waals surface area contributed by atoms with E-state index in [1.54, 1.807) is 23.9 Å². The van der Waals surface area contributed by atoms with Crippen molar-refractivity contribution in [1.29, 1.82) is 0 Å². The smallest absolute Gasteiger partial charge is 0.240 e. The van der Waals surface area contributed by atoms with E-state index in [1.165, 1.54) is 54.6 Å². The Morgan fingerprint density at radius 3 is 2.54 bits per heavy atom. The molecule has 0 saturated carbocycles. The third-order valence-corrected chi connectivity index (χ3v) is 9.95. The van der Waals surface area contributed by atoms with Crippen LogP contribution < -0.4 is 4.72 Å². The number of ketones is 1. The van der Waals surface area contributed by atoms with Gasteiger partial charge >= 0.3 is 0 Å². The van der Waals surface area contributed by atoms with E-state index >= 15 is 0 Å². The molecule has 6 rings (SSSR count). The molecule has 3 aromatic carbocycles. The fourth-order valence-electron chi connectivity index (χ4n) is 6.00. The van der Waals surface area contributed by atoms with E-state index in [2.05, 4.69) is 24.9 Å². The lowest BCUT2D eigenvalue weighted by Crippen LogP contribution is -2.40. The number of phenols is 1. The number of aromatic nitrogens is 4. The maximum atomic E-state index is 14.2. The van der Waals surface area contributed by atoms with Crippen molar-refractivity contribution in [2.45, 2.75) is 37.6 Å². The molecule has 1 aliphatic rings. The molecular formula is C33H34F2N6O4S. The Labute approximate surface area is 265 Å². The molecule has 0 aliphatic carbocycles. The maximum Gasteiger partial charge on any atom is 0.240 e. The minimum absolute atomic E-state index is 0.0237. The van der Waals surface area contributed by atoms with E-state index in [4.69, 9.17) is 0 Å². The molecule has 3 N–H and O–H groups in total. The van der Waals surface area contributed by atoms with E-state index in [-0.39, 0.29) is 28.5 Å². The summed E-state index contributed by atoms with van der Waals surface area (Å²) in [6.45, 7) is 4.80. The first kappa shape index (κ1) is 31.5. The van der Waals surface area contributed by atoms with Crippen LogP contribution in [0.5, 0.6) is 5.75 Å². The molecule has 0 unspecified atom stereocenters. The van der Waals surface area contributed by atoms with Crippen LogP contribution in [0, 0.1) is 17.6 Å². The number of piperidine rings is 1. The number of H-pyrrole nitrogens is 1. The molecule has 0 bridgehead atoms. The SMILES string of the molecule is CCC(=O)c1[nH]c2ccc(F)cc2c1-c1cn(CC2CCN(CCNS(=O)(=O)c3ccc(-c4c(O)cccc4F)cc3)CC2)nn1. The molecule has 2 aromatic heterocycles. The fourth-order valence-corrected chi connectivity index (χ4v) is 7.02. The summed E-state index contributed by atoms with van der Waals surface area (Å²) in [5, 5.41) is 19.2. The first-order chi connectivity index (χ1) is 22.1. The van der Waals surface area contributed by atoms with Gasteiger partial charge in [0.2, 0.25) is 10.0 Å². The second kappa shape index (κ2) is 13.1. The molecule has 10 nitrogen and oxygen atoms in total. The van der Waals surface area contributed by atoms with Gasteiger partial charge in [0.25, 0.3) is 0 Å². The van der Waals surface area contributed by atoms with Gasteiger partial charge in [-0.1, -0.05) is 30.3 Å². The average Bonchev–Trinajstić information content (AvgIpc) is 3.65. The highest BCUT2D eigenvalue weighted by molar-refractivity contribution is 7.89. The Kier molecular flexibility index (Phi) is 8.98. The highest BCUT2D eigenvalue weighted by Gasteiger charge is 2.24. The Bertz CT molecular complexity index is 1960. The number of nitrogens with one attached hydrogen (secondary N) is 2. The second-order valence-corrected chi connectivity index (χ2v) is 13.3. The van der Waals surface area contributed by atoms with Crippen molar-refractivity contribution in [3.05, 3.63) is 84.2 Å². The first-order valence-electron chi connectivity index (χ1n) is 15.2. The number of carbonyl (C=O) groups excluding carboxylic acids is 1. The summed E-state index contributed by atoms with van der Waals surface area (Å²) in [4.78, 5) is 18.0. The third kappa shape index (κ3) is 6.57. The topological polar surface area (TPSA) is 133 Å². The molecule has 0 amide bonds. The summed E-state index contributed by atoms with van der Waals surface area (Å²) in [6, 6.07) is 14.1. The number of aromatic amines is 1. The van der Waals surface area contributed by atoms with Crippen LogP contribution in [-0.2, 0) is 16.6 Å². The zero-order chi connectivity index (χ0) is 32.4. The molecule has 240 valence electrons. The number of fused-ring (bicyclic) bond motifs is 1. The first-order valence-corrected chi connectivity index (χ1v) is 16.7. The van der Waals surface area contributed by atoms with Gasteiger partial charge in [-0.15, -0.1) is 5.10 Å². The van der Waals surface area contributed by atoms with Crippen molar-refractivity contribution >= 4 is 26.7 Å². The van der Waals surface area contributed by atoms with Gasteiger partial charge in [-0.2, -0.15) is 0 Å². The quantitative estimate of drug-likeness (QED) is 0.164. The minimum Gasteiger partial charge on any atom is -0.507 e. The van der Waals surface area contributed by atoms with Crippen molar-refractivity contribution in [3.8, 4) is 28.1 Å². The highest BCUT2D eigenvalue weighted by Crippen LogP contribution is 2.34. The number of rotatable bonds is 11. The molecule has 0 radical (unpaired) electrons. The lowest BCUT2D eigenvalue weighted by atomic mass is 9.97. The Hall–Kier alpha value is -4.46. The number of phenolic OH excluding ortho intramolecular Hbond substituents is 1. The number of nitrogens with zero attached hydrogens (tertiary/aromatic N) is 4. The monoisotopic (exact) mass is 648 g/mol. The molecule has 1 aliphatic heterocycles. The van der Waals surface area contributed by atoms with E-state index in [0.29, 0.717) is 58.8 Å². The zero-order valence-corrected chi connectivity index (χ0v) is 26.0. The number of likely N-dealkylation sites (tertiary alicyclic amines) is 1. The van der Waals surface area contributed by atoms with Crippen molar-refractivity contribution in [2.24, 2.45) is 5.92 Å². The molecule has 0 spiro atoms. The predicted molar refractivity (Wildman–Crippen MR) is 170 cm³/mol. The van der Waals surface area contributed by atoms with Crippen LogP contribution in [0.25, 0.3) is 33.3 Å². The number of carbonyl (C=O) groups is 1. The van der Waals surface area contributed by atoms with Gasteiger partial charge in [-0.25, -0.2) is 21.9 Å². The van der Waals surface area contributed by atoms with E-state index in [0.717, 1.165) is 25.9 Å². The van der Waals surface area contributed by atoms with Gasteiger partial charge < -0.3 is 15.0 Å². The van der Waals surface area contributed by atoms with Crippen LogP contribution in [-0.4, -0.2) is 70.4 Å². The van der Waals surface area contributed by atoms with Crippen molar-refractivity contribution in [3.63, 3.8) is 0 Å². The summed E-state index contributed by atoms with van der Waals surface area (Å²) in [7, 11) is -3.77. The van der Waals surface area contributed by atoms with Gasteiger partial charge in [-0.05, 0) is 79.9 Å². The van der Waals surface area contributed by atoms with E-state index in [1.807, 2.05) is 0 Å². The molecule has 0 atom stereocenters. The summed E-state index contributed by atoms with van der Waals surface area (Å²) < 4.78 is 58.4. The zero-order valence-electron chi connectivity index (χ0n) is 25.2. The number of sulfonamides is 1. The largest absolute Gasteiger partial charge is 0.507 e. The predicted octanol–water partition coefficient (Wildman–Crippen LogP) is 5.36. The standard InChI is InChI=1S/C33H34F2N6O4S/c1-2-29(42)33-32(25-18-23(34)8-11-27(25)37-33)28-20-41(39-38-28)19-21-12-15-40(16-13-21)17-14-36-46(44,45)24-9-6-22(7-10-24)31-26(35)4-3-5-30(31)43/h3-11,18,20-21,36-37,43H,2,12-17,19H2,1H3. The Morgan fingerprint density at radius 2 is 1.83 bits per heavy atom. The summed E-state index contributed by atoms with van der Waals surface area (Å²) in [6.07, 6.45) is 3.88. The summed E-state index contributed by atoms with van der Waals surface area (Å²) >= 11 is 0. The average molecular weight is 649 g/mol. The maximum absolute atomic E-state index is 14.2. The lowest BCUT2D eigenvalue weighted by molar-refractivity contribution is 0.0984. The molecule has 1 fully saturated rings. The highest BCUT2D eigenvalue weighted by atomic mass is 32.2. The molecule has 3 heterocycles. The summed E-state index contributed by atoms with van der Waals surface area (Å²) in [5.41, 5.74) is 2.54. The van der Waals surface area contributed by atoms with Crippen LogP contribution in [0.3, 0.4) is 0 Å². The van der Waals surface area contributed by atoms with Crippen LogP contribution in [0.15, 0.2) is 71.8 Å². The van der Waals surface area contributed by atoms with Gasteiger partial charge in [0, 0.05) is 42.5 Å². The number of aromatic hydroxyl groups is 1. The van der Waals surface area contributed by atoms with Crippen LogP contribution in [0.2, 0.25) is 0 Å². The lowest BCUT2D eigenvalue weighted by Gasteiger charge is -2.31. The number of hydrogen-bond donors (Lipinski definition) is 3. The fraction of sp³-hybridized carbons (Fsp3) is 0.303. The molecule has 5 aromatic rings. The van der Waals surface area contributed by atoms with Crippen LogP contribution >= 0.6 is 0 Å². The second-order valence-electron chi connectivity index (χ2n) is 11.5. The van der Waals surface area contributed by atoms with Crippen LogP contribution in [0.1, 0.15) is 36.7 Å². The number of benzene rings is 3. The normalized spacial score (nSPS) is 14.7. The molecule has 1 saturated heterocycles. The van der Waals surface area contributed by atoms with E-state index < -0.39 is 21.7 Å². The van der Waals surface area contributed by atoms with Gasteiger partial charge in [0.1, 0.15) is 23.1 Å². The van der Waals surface area contributed by atoms with Gasteiger partial charge in [0.05, 0.1) is 22.3 Å². The van der Waals surface area contributed by atoms with Crippen LogP contribution in [0.4, 0.5) is 8.78 Å². The molecular weight excluding hydrogens is 614 g/mol. The minimum atomic E-state index is -3.77. The third-order valence-electron chi connectivity index (χ3n) is 8.47.